The van der Waals surface area contributed by atoms with Crippen LogP contribution in [0.15, 0.2) is 9.93 Å². The van der Waals surface area contributed by atoms with E-state index in [1.165, 1.54) is 28.4 Å². The van der Waals surface area contributed by atoms with Gasteiger partial charge in [0.15, 0.2) is 0 Å². The summed E-state index contributed by atoms with van der Waals surface area (Å²) in [5.74, 6) is -1.44. The van der Waals surface area contributed by atoms with E-state index < -0.39 is 18.0 Å². The molecular formula is C10H12KNO4S2. The van der Waals surface area contributed by atoms with Crippen LogP contribution in [0.25, 0.3) is 0 Å². The second-order valence-corrected chi connectivity index (χ2v) is 6.50. The fourth-order valence-electron chi connectivity index (χ4n) is 1.97. The van der Waals surface area contributed by atoms with Crippen molar-refractivity contribution in [1.29, 1.82) is 0 Å². The van der Waals surface area contributed by atoms with Gasteiger partial charge < -0.3 is 15.0 Å². The first-order valence-electron chi connectivity index (χ1n) is 5.25. The van der Waals surface area contributed by atoms with E-state index in [-0.39, 0.29) is 68.4 Å². The number of carboxylic acid groups (broad SMARTS) is 1. The monoisotopic (exact) mass is 313 g/mol. The van der Waals surface area contributed by atoms with Crippen LogP contribution in [0.5, 0.6) is 0 Å². The van der Waals surface area contributed by atoms with Crippen molar-refractivity contribution in [3.63, 3.8) is 0 Å². The fourth-order valence-corrected chi connectivity index (χ4v) is 4.79. The third kappa shape index (κ3) is 2.71. The summed E-state index contributed by atoms with van der Waals surface area (Å²) in [4.78, 5) is 24.0. The van der Waals surface area contributed by atoms with E-state index in [1.807, 2.05) is 6.92 Å². The van der Waals surface area contributed by atoms with E-state index in [0.29, 0.717) is 4.24 Å². The summed E-state index contributed by atoms with van der Waals surface area (Å²) in [5.41, 5.74) is -0.0336. The molecule has 5 nitrogen and oxygen atoms in total. The maximum atomic E-state index is 11.8. The molecule has 1 saturated heterocycles. The van der Waals surface area contributed by atoms with Crippen LogP contribution < -0.4 is 56.5 Å². The number of rotatable bonds is 4. The molecule has 0 radical (unpaired) electrons. The molecule has 0 spiro atoms. The van der Waals surface area contributed by atoms with Gasteiger partial charge in [0.05, 0.1) is 27.9 Å². The van der Waals surface area contributed by atoms with Gasteiger partial charge in [0.2, 0.25) is 5.91 Å². The third-order valence-corrected chi connectivity index (χ3v) is 5.27. The van der Waals surface area contributed by atoms with Crippen LogP contribution in [0, 0.1) is 5.92 Å². The summed E-state index contributed by atoms with van der Waals surface area (Å²) < 4.78 is 0.606. The first-order chi connectivity index (χ1) is 7.99. The fraction of sp³-hybridized carbons (Fsp3) is 0.600. The topological polar surface area (TPSA) is 80.7 Å². The molecule has 1 N–H and O–H groups in total. The van der Waals surface area contributed by atoms with Crippen molar-refractivity contribution in [2.24, 2.45) is 5.92 Å². The number of carboxylic acids is 1. The predicted octanol–water partition coefficient (Wildman–Crippen LogP) is -3.43. The van der Waals surface area contributed by atoms with Crippen molar-refractivity contribution in [3.05, 3.63) is 9.93 Å². The van der Waals surface area contributed by atoms with Gasteiger partial charge in [0.1, 0.15) is 5.37 Å². The molecule has 2 rings (SSSR count). The van der Waals surface area contributed by atoms with Gasteiger partial charge in [-0.2, -0.15) is 0 Å². The normalized spacial score (nSPS) is 27.5. The second-order valence-electron chi connectivity index (χ2n) is 3.84. The Morgan fingerprint density at radius 2 is 2.28 bits per heavy atom. The standard InChI is InChI=1S/C10H13NO4S2.K/c1-3-16-10-6(9(14)15)11-7(13)5(4(2)12)8(11)17-10;/h4-5,8,12H,3H2,1-2H3,(H,14,15);/q;+1/p-1/t4?,5-,8+;/m0./s1. The van der Waals surface area contributed by atoms with Crippen LogP contribution in [0.1, 0.15) is 13.8 Å². The molecule has 0 saturated carbocycles. The third-order valence-electron chi connectivity index (χ3n) is 2.73. The van der Waals surface area contributed by atoms with Crippen molar-refractivity contribution in [3.8, 4) is 0 Å². The number of aliphatic carboxylic acids is 1. The zero-order chi connectivity index (χ0) is 12.7. The minimum absolute atomic E-state index is 0. The van der Waals surface area contributed by atoms with Crippen molar-refractivity contribution < 1.29 is 71.2 Å². The molecule has 0 aromatic rings. The summed E-state index contributed by atoms with van der Waals surface area (Å²) >= 11 is 2.71. The number of nitrogens with zero attached hydrogens (tertiary/aromatic N) is 1. The minimum Gasteiger partial charge on any atom is -0.543 e. The molecule has 8 heteroatoms. The minimum atomic E-state index is -1.33. The number of aliphatic hydroxyl groups excluding tert-OH is 1. The Balaban J connectivity index is 0.00000162. The quantitative estimate of drug-likeness (QED) is 0.430. The van der Waals surface area contributed by atoms with Crippen LogP contribution in [0.3, 0.4) is 0 Å². The second kappa shape index (κ2) is 6.62. The predicted molar refractivity (Wildman–Crippen MR) is 63.6 cm³/mol. The molecule has 94 valence electrons. The number of carbonyl (C=O) groups is 2. The number of carbonyl (C=O) groups excluding carboxylic acids is 2. The number of hydrogen-bond acceptors (Lipinski definition) is 6. The van der Waals surface area contributed by atoms with E-state index >= 15 is 0 Å². The van der Waals surface area contributed by atoms with E-state index in [0.717, 1.165) is 5.75 Å². The SMILES string of the molecule is CCSC1=C(C(=O)[O-])N2C(=O)[C@H](C(C)O)[C@H]2S1.[K+]. The molecule has 0 aliphatic carbocycles. The summed E-state index contributed by atoms with van der Waals surface area (Å²) in [7, 11) is 0. The Hall–Kier alpha value is 0.976. The molecule has 0 bridgehead atoms. The smallest absolute Gasteiger partial charge is 0.543 e. The van der Waals surface area contributed by atoms with E-state index in [1.54, 1.807) is 6.92 Å². The Bertz CT molecular complexity index is 413. The van der Waals surface area contributed by atoms with Crippen LogP contribution in [-0.2, 0) is 9.59 Å². The average molecular weight is 313 g/mol. The van der Waals surface area contributed by atoms with Gasteiger partial charge >= 0.3 is 51.4 Å². The zero-order valence-electron chi connectivity index (χ0n) is 10.4. The first-order valence-corrected chi connectivity index (χ1v) is 7.11. The van der Waals surface area contributed by atoms with Crippen LogP contribution in [-0.4, -0.2) is 39.1 Å². The van der Waals surface area contributed by atoms with E-state index in [9.17, 15) is 19.8 Å². The molecule has 2 aliphatic rings. The largest absolute Gasteiger partial charge is 1.00 e. The van der Waals surface area contributed by atoms with Gasteiger partial charge in [0.25, 0.3) is 0 Å². The van der Waals surface area contributed by atoms with E-state index in [2.05, 4.69) is 0 Å². The van der Waals surface area contributed by atoms with Gasteiger partial charge in [0, 0.05) is 0 Å². The molecule has 0 aromatic carbocycles. The summed E-state index contributed by atoms with van der Waals surface area (Å²) in [5, 5.41) is 20.2. The molecule has 1 amide bonds. The number of thioether (sulfide) groups is 2. The number of hydrogen-bond donors (Lipinski definition) is 1. The Kier molecular flexibility index (Phi) is 6.26. The van der Waals surface area contributed by atoms with Crippen LogP contribution >= 0.6 is 23.5 Å². The van der Waals surface area contributed by atoms with E-state index in [4.69, 9.17) is 0 Å². The van der Waals surface area contributed by atoms with Gasteiger partial charge in [-0.1, -0.05) is 18.7 Å². The average Bonchev–Trinajstić information content (AvgIpc) is 2.53. The van der Waals surface area contributed by atoms with Crippen molar-refractivity contribution in [2.75, 3.05) is 5.75 Å². The van der Waals surface area contributed by atoms with Crippen molar-refractivity contribution in [2.45, 2.75) is 25.3 Å². The Morgan fingerprint density at radius 3 is 2.72 bits per heavy atom. The Morgan fingerprint density at radius 1 is 1.67 bits per heavy atom. The summed E-state index contributed by atoms with van der Waals surface area (Å²) in [6, 6.07) is 0. The summed E-state index contributed by atoms with van der Waals surface area (Å²) in [6.45, 7) is 3.46. The molecule has 1 unspecified atom stereocenters. The Labute approximate surface area is 156 Å². The van der Waals surface area contributed by atoms with Gasteiger partial charge in [-0.05, 0) is 12.7 Å². The molecule has 2 aliphatic heterocycles. The van der Waals surface area contributed by atoms with Gasteiger partial charge in [-0.3, -0.25) is 9.69 Å². The molecule has 18 heavy (non-hydrogen) atoms. The number of amides is 1. The van der Waals surface area contributed by atoms with Crippen molar-refractivity contribution in [1.82, 2.24) is 4.90 Å². The van der Waals surface area contributed by atoms with Crippen molar-refractivity contribution >= 4 is 35.4 Å². The number of β-lactam (4-membered cyclic amide) rings is 1. The van der Waals surface area contributed by atoms with Gasteiger partial charge in [-0.15, -0.1) is 11.8 Å². The molecule has 0 aromatic heterocycles. The zero-order valence-corrected chi connectivity index (χ0v) is 15.1. The molecule has 3 atom stereocenters. The molecule has 2 heterocycles. The summed E-state index contributed by atoms with van der Waals surface area (Å²) in [6.07, 6.45) is -0.759. The maximum Gasteiger partial charge on any atom is 1.00 e. The number of aliphatic hydroxyl groups is 1. The number of fused-ring (bicyclic) bond motifs is 1. The first kappa shape index (κ1) is 17.0. The van der Waals surface area contributed by atoms with Gasteiger partial charge in [-0.25, -0.2) is 0 Å². The maximum absolute atomic E-state index is 11.8. The van der Waals surface area contributed by atoms with Crippen LogP contribution in [0.2, 0.25) is 0 Å². The van der Waals surface area contributed by atoms with Crippen LogP contribution in [0.4, 0.5) is 0 Å². The molecule has 1 fully saturated rings. The molecular weight excluding hydrogens is 301 g/mol.